The number of carbonyl (C=O) groups is 3. The summed E-state index contributed by atoms with van der Waals surface area (Å²) in [6, 6.07) is 3.71. The first-order valence-corrected chi connectivity index (χ1v) is 10.7. The van der Waals surface area contributed by atoms with E-state index in [0.717, 1.165) is 12.8 Å². The molecule has 2 aromatic heterocycles. The molecule has 1 saturated heterocycles. The van der Waals surface area contributed by atoms with Gasteiger partial charge in [-0.3, -0.25) is 19.4 Å². The Morgan fingerprint density at radius 1 is 1.06 bits per heavy atom. The number of aromatic nitrogens is 3. The summed E-state index contributed by atoms with van der Waals surface area (Å²) in [6.45, 7) is 3.49. The Bertz CT molecular complexity index is 1100. The number of nitrogens with zero attached hydrogens (tertiary/aromatic N) is 6. The fourth-order valence-corrected chi connectivity index (χ4v) is 3.50. The SMILES string of the molecule is CC(=O)N1CCN(C(=O)CNc2cc(-c3cnc(NC(=O)C4CC4)cn3)cnc2C#N)CC1. The molecule has 3 heterocycles. The highest BCUT2D eigenvalue weighted by Gasteiger charge is 2.29. The van der Waals surface area contributed by atoms with Gasteiger partial charge in [-0.2, -0.15) is 5.26 Å². The van der Waals surface area contributed by atoms with Crippen molar-refractivity contribution in [2.45, 2.75) is 19.8 Å². The van der Waals surface area contributed by atoms with Gasteiger partial charge in [0.1, 0.15) is 6.07 Å². The van der Waals surface area contributed by atoms with E-state index in [1.165, 1.54) is 25.5 Å². The summed E-state index contributed by atoms with van der Waals surface area (Å²) < 4.78 is 0. The van der Waals surface area contributed by atoms with Crippen LogP contribution in [0, 0.1) is 17.2 Å². The second kappa shape index (κ2) is 9.60. The number of piperazine rings is 1. The highest BCUT2D eigenvalue weighted by Crippen LogP contribution is 2.30. The number of nitrogens with one attached hydrogen (secondary N) is 2. The highest BCUT2D eigenvalue weighted by atomic mass is 16.2. The Hall–Kier alpha value is -4.07. The van der Waals surface area contributed by atoms with Gasteiger partial charge < -0.3 is 20.4 Å². The van der Waals surface area contributed by atoms with Crippen LogP contribution in [0.1, 0.15) is 25.5 Å². The summed E-state index contributed by atoms with van der Waals surface area (Å²) in [5.41, 5.74) is 1.71. The summed E-state index contributed by atoms with van der Waals surface area (Å²) in [5.74, 6) is 0.289. The van der Waals surface area contributed by atoms with E-state index in [0.29, 0.717) is 48.9 Å². The normalized spacial score (nSPS) is 15.5. The molecule has 170 valence electrons. The fraction of sp³-hybridized carbons (Fsp3) is 0.409. The number of nitriles is 1. The van der Waals surface area contributed by atoms with Crippen molar-refractivity contribution in [2.24, 2.45) is 5.92 Å². The molecule has 0 unspecified atom stereocenters. The van der Waals surface area contributed by atoms with Gasteiger partial charge in [0.05, 0.1) is 30.3 Å². The zero-order chi connectivity index (χ0) is 23.4. The Balaban J connectivity index is 1.39. The molecule has 1 saturated carbocycles. The minimum absolute atomic E-state index is 0.00228. The van der Waals surface area contributed by atoms with Crippen LogP contribution in [0.4, 0.5) is 11.5 Å². The van der Waals surface area contributed by atoms with E-state index in [9.17, 15) is 19.6 Å². The number of anilines is 2. The zero-order valence-corrected chi connectivity index (χ0v) is 18.2. The van der Waals surface area contributed by atoms with Crippen LogP contribution in [0.3, 0.4) is 0 Å². The van der Waals surface area contributed by atoms with Crippen molar-refractivity contribution in [3.8, 4) is 17.3 Å². The van der Waals surface area contributed by atoms with Crippen LogP contribution < -0.4 is 10.6 Å². The van der Waals surface area contributed by atoms with Gasteiger partial charge in [0.2, 0.25) is 17.7 Å². The number of hydrogen-bond acceptors (Lipinski definition) is 8. The molecule has 2 aliphatic rings. The van der Waals surface area contributed by atoms with Crippen LogP contribution in [0.25, 0.3) is 11.3 Å². The average Bonchev–Trinajstić information content (AvgIpc) is 3.68. The monoisotopic (exact) mass is 448 g/mol. The van der Waals surface area contributed by atoms with E-state index in [2.05, 4.69) is 25.6 Å². The van der Waals surface area contributed by atoms with Crippen molar-refractivity contribution in [1.82, 2.24) is 24.8 Å². The molecule has 11 heteroatoms. The third kappa shape index (κ3) is 5.41. The molecule has 2 aromatic rings. The van der Waals surface area contributed by atoms with E-state index in [-0.39, 0.29) is 35.9 Å². The van der Waals surface area contributed by atoms with Gasteiger partial charge in [0, 0.05) is 50.8 Å². The maximum Gasteiger partial charge on any atom is 0.241 e. The molecule has 0 atom stereocenters. The molecule has 0 spiro atoms. The maximum absolute atomic E-state index is 12.6. The van der Waals surface area contributed by atoms with Gasteiger partial charge in [0.25, 0.3) is 0 Å². The summed E-state index contributed by atoms with van der Waals surface area (Å²) >= 11 is 0. The van der Waals surface area contributed by atoms with Gasteiger partial charge in [0.15, 0.2) is 11.5 Å². The van der Waals surface area contributed by atoms with Crippen LogP contribution in [-0.2, 0) is 14.4 Å². The van der Waals surface area contributed by atoms with Crippen LogP contribution in [-0.4, -0.2) is 75.2 Å². The quantitative estimate of drug-likeness (QED) is 0.662. The molecule has 0 bridgehead atoms. The first-order chi connectivity index (χ1) is 15.9. The molecular weight excluding hydrogens is 424 g/mol. The predicted octanol–water partition coefficient (Wildman–Crippen LogP) is 0.861. The predicted molar refractivity (Wildman–Crippen MR) is 119 cm³/mol. The van der Waals surface area contributed by atoms with Crippen LogP contribution >= 0.6 is 0 Å². The van der Waals surface area contributed by atoms with E-state index in [1.54, 1.807) is 15.9 Å². The van der Waals surface area contributed by atoms with Gasteiger partial charge in [-0.15, -0.1) is 0 Å². The molecule has 1 aliphatic carbocycles. The molecule has 0 radical (unpaired) electrons. The number of pyridine rings is 1. The summed E-state index contributed by atoms with van der Waals surface area (Å²) in [4.78, 5) is 52.0. The van der Waals surface area contributed by atoms with Crippen molar-refractivity contribution < 1.29 is 14.4 Å². The van der Waals surface area contributed by atoms with Crippen molar-refractivity contribution in [1.29, 1.82) is 5.26 Å². The standard InChI is InChI=1S/C22H24N8O3/c1-14(31)29-4-6-30(7-5-29)21(32)13-26-17-8-16(10-24-18(17)9-23)19-11-27-20(12-25-19)28-22(33)15-2-3-15/h8,10-12,15,26H,2-7,13H2,1H3,(H,27,28,33). The maximum atomic E-state index is 12.6. The highest BCUT2D eigenvalue weighted by molar-refractivity contribution is 5.93. The molecule has 11 nitrogen and oxygen atoms in total. The van der Waals surface area contributed by atoms with Crippen molar-refractivity contribution in [3.63, 3.8) is 0 Å². The molecule has 0 aromatic carbocycles. The van der Waals surface area contributed by atoms with Crippen LogP contribution in [0.15, 0.2) is 24.7 Å². The van der Waals surface area contributed by atoms with E-state index in [1.807, 2.05) is 6.07 Å². The molecule has 2 fully saturated rings. The first kappa shape index (κ1) is 22.1. The lowest BCUT2D eigenvalue weighted by Gasteiger charge is -2.34. The lowest BCUT2D eigenvalue weighted by molar-refractivity contribution is -0.137. The third-order valence-electron chi connectivity index (χ3n) is 5.65. The Morgan fingerprint density at radius 2 is 1.79 bits per heavy atom. The van der Waals surface area contributed by atoms with Gasteiger partial charge in [-0.1, -0.05) is 0 Å². The molecule has 2 N–H and O–H groups in total. The number of amides is 3. The Morgan fingerprint density at radius 3 is 2.39 bits per heavy atom. The van der Waals surface area contributed by atoms with E-state index >= 15 is 0 Å². The Kier molecular flexibility index (Phi) is 6.44. The lowest BCUT2D eigenvalue weighted by atomic mass is 10.1. The van der Waals surface area contributed by atoms with Crippen molar-refractivity contribution in [3.05, 3.63) is 30.4 Å². The third-order valence-corrected chi connectivity index (χ3v) is 5.65. The first-order valence-electron chi connectivity index (χ1n) is 10.7. The molecule has 1 aliphatic heterocycles. The summed E-state index contributed by atoms with van der Waals surface area (Å²) in [6.07, 6.45) is 6.32. The van der Waals surface area contributed by atoms with E-state index < -0.39 is 0 Å². The molecule has 4 rings (SSSR count). The Labute approximate surface area is 190 Å². The summed E-state index contributed by atoms with van der Waals surface area (Å²) in [5, 5.41) is 15.1. The van der Waals surface area contributed by atoms with Crippen molar-refractivity contribution in [2.75, 3.05) is 43.4 Å². The minimum Gasteiger partial charge on any atom is -0.374 e. The van der Waals surface area contributed by atoms with E-state index in [4.69, 9.17) is 0 Å². The largest absolute Gasteiger partial charge is 0.374 e. The molecule has 3 amide bonds. The average molecular weight is 448 g/mol. The topological polar surface area (TPSA) is 144 Å². The number of carbonyl (C=O) groups excluding carboxylic acids is 3. The van der Waals surface area contributed by atoms with Gasteiger partial charge in [-0.05, 0) is 18.9 Å². The second-order valence-electron chi connectivity index (χ2n) is 8.02. The summed E-state index contributed by atoms with van der Waals surface area (Å²) in [7, 11) is 0. The smallest absolute Gasteiger partial charge is 0.241 e. The van der Waals surface area contributed by atoms with Gasteiger partial charge >= 0.3 is 0 Å². The van der Waals surface area contributed by atoms with Crippen LogP contribution in [0.2, 0.25) is 0 Å². The van der Waals surface area contributed by atoms with Crippen molar-refractivity contribution >= 4 is 29.2 Å². The second-order valence-corrected chi connectivity index (χ2v) is 8.02. The lowest BCUT2D eigenvalue weighted by Crippen LogP contribution is -2.51. The molecule has 33 heavy (non-hydrogen) atoms. The van der Waals surface area contributed by atoms with Crippen LogP contribution in [0.5, 0.6) is 0 Å². The fourth-order valence-electron chi connectivity index (χ4n) is 3.50. The number of hydrogen-bond donors (Lipinski definition) is 2. The minimum atomic E-state index is -0.122. The molecular formula is C22H24N8O3. The zero-order valence-electron chi connectivity index (χ0n) is 18.2. The van der Waals surface area contributed by atoms with Gasteiger partial charge in [-0.25, -0.2) is 9.97 Å². The number of rotatable bonds is 6.